The van der Waals surface area contributed by atoms with Crippen LogP contribution in [0, 0.1) is 0 Å². The average molecular weight is 653 g/mol. The van der Waals surface area contributed by atoms with Crippen LogP contribution in [0.5, 0.6) is 0 Å². The normalized spacial score (nSPS) is 13.5. The molecule has 0 bridgehead atoms. The first-order valence-electron chi connectivity index (χ1n) is 17.7. The SMILES string of the molecule is CC/C=C\C/C=C\C/C=C\CCCCCC(=O)OC(COC(=O)CCCCCCCCCC)COC(OCC[N+](C)(C)C)C(=O)O. The molecule has 46 heavy (non-hydrogen) atoms. The second kappa shape index (κ2) is 29.9. The van der Waals surface area contributed by atoms with Crippen molar-refractivity contribution in [3.8, 4) is 0 Å². The molecular formula is C37H66NO8+. The minimum atomic E-state index is -1.51. The summed E-state index contributed by atoms with van der Waals surface area (Å²) in [6.45, 7) is 4.64. The maximum absolute atomic E-state index is 12.6. The van der Waals surface area contributed by atoms with Crippen LogP contribution >= 0.6 is 0 Å². The van der Waals surface area contributed by atoms with Gasteiger partial charge in [-0.15, -0.1) is 0 Å². The van der Waals surface area contributed by atoms with E-state index >= 15 is 0 Å². The lowest BCUT2D eigenvalue weighted by Crippen LogP contribution is -2.40. The van der Waals surface area contributed by atoms with Crippen molar-refractivity contribution in [2.75, 3.05) is 47.5 Å². The zero-order valence-corrected chi connectivity index (χ0v) is 29.7. The number of esters is 2. The third kappa shape index (κ3) is 30.2. The van der Waals surface area contributed by atoms with Crippen molar-refractivity contribution in [2.24, 2.45) is 0 Å². The van der Waals surface area contributed by atoms with Gasteiger partial charge in [-0.3, -0.25) is 9.59 Å². The van der Waals surface area contributed by atoms with Crippen LogP contribution in [0.2, 0.25) is 0 Å². The van der Waals surface area contributed by atoms with Crippen LogP contribution in [0.25, 0.3) is 0 Å². The van der Waals surface area contributed by atoms with E-state index in [1.165, 1.54) is 32.1 Å². The summed E-state index contributed by atoms with van der Waals surface area (Å²) < 4.78 is 22.5. The Morgan fingerprint density at radius 1 is 0.674 bits per heavy atom. The first-order chi connectivity index (χ1) is 22.1. The molecule has 9 heteroatoms. The van der Waals surface area contributed by atoms with E-state index in [0.717, 1.165) is 57.8 Å². The summed E-state index contributed by atoms with van der Waals surface area (Å²) in [5.41, 5.74) is 0. The van der Waals surface area contributed by atoms with Crippen LogP contribution in [0.4, 0.5) is 0 Å². The van der Waals surface area contributed by atoms with Crippen LogP contribution in [-0.4, -0.2) is 87.4 Å². The van der Waals surface area contributed by atoms with Crippen molar-refractivity contribution in [1.82, 2.24) is 0 Å². The summed E-state index contributed by atoms with van der Waals surface area (Å²) in [5.74, 6) is -2.06. The second-order valence-corrected chi connectivity index (χ2v) is 12.8. The van der Waals surface area contributed by atoms with E-state index < -0.39 is 24.3 Å². The van der Waals surface area contributed by atoms with Gasteiger partial charge in [-0.1, -0.05) is 102 Å². The summed E-state index contributed by atoms with van der Waals surface area (Å²) >= 11 is 0. The van der Waals surface area contributed by atoms with Gasteiger partial charge in [0.05, 0.1) is 34.4 Å². The highest BCUT2D eigenvalue weighted by atomic mass is 16.7. The molecular weight excluding hydrogens is 586 g/mol. The summed E-state index contributed by atoms with van der Waals surface area (Å²) in [5, 5.41) is 9.55. The van der Waals surface area contributed by atoms with Gasteiger partial charge in [0.15, 0.2) is 6.10 Å². The standard InChI is InChI=1S/C37H65NO8/c1-6-8-10-12-14-16-17-18-19-20-22-24-26-28-35(40)46-33(32-45-37(36(41)42)43-30-29-38(3,4)5)31-44-34(39)27-25-23-21-15-13-11-9-7-2/h8,10,14,16,18-19,33,37H,6-7,9,11-13,15,17,20-32H2,1-5H3/p+1/b10-8-,16-14-,19-18-. The topological polar surface area (TPSA) is 108 Å². The summed E-state index contributed by atoms with van der Waals surface area (Å²) in [6.07, 6.45) is 26.5. The van der Waals surface area contributed by atoms with Crippen molar-refractivity contribution in [3.05, 3.63) is 36.5 Å². The predicted molar refractivity (Wildman–Crippen MR) is 184 cm³/mol. The summed E-state index contributed by atoms with van der Waals surface area (Å²) in [6, 6.07) is 0. The molecule has 0 rings (SSSR count). The molecule has 0 saturated heterocycles. The van der Waals surface area contributed by atoms with Crippen LogP contribution in [-0.2, 0) is 33.3 Å². The molecule has 0 fully saturated rings. The number of allylic oxidation sites excluding steroid dienone is 6. The van der Waals surface area contributed by atoms with Crippen LogP contribution in [0.1, 0.15) is 123 Å². The Kier molecular flexibility index (Phi) is 28.3. The van der Waals surface area contributed by atoms with Gasteiger partial charge < -0.3 is 28.5 Å². The van der Waals surface area contributed by atoms with Gasteiger partial charge in [0.2, 0.25) is 0 Å². The first-order valence-corrected chi connectivity index (χ1v) is 17.7. The first kappa shape index (κ1) is 43.5. The van der Waals surface area contributed by atoms with Crippen molar-refractivity contribution in [2.45, 2.75) is 135 Å². The van der Waals surface area contributed by atoms with E-state index in [1.54, 1.807) is 0 Å². The van der Waals surface area contributed by atoms with Gasteiger partial charge in [-0.25, -0.2) is 4.79 Å². The maximum atomic E-state index is 12.6. The molecule has 1 N–H and O–H groups in total. The lowest BCUT2D eigenvalue weighted by atomic mass is 10.1. The molecule has 2 atom stereocenters. The van der Waals surface area contributed by atoms with E-state index in [-0.39, 0.29) is 32.2 Å². The minimum Gasteiger partial charge on any atom is -0.477 e. The van der Waals surface area contributed by atoms with Gasteiger partial charge in [-0.2, -0.15) is 0 Å². The van der Waals surface area contributed by atoms with Crippen molar-refractivity contribution >= 4 is 17.9 Å². The summed E-state index contributed by atoms with van der Waals surface area (Å²) in [4.78, 5) is 36.7. The smallest absolute Gasteiger partial charge is 0.361 e. The fourth-order valence-corrected chi connectivity index (χ4v) is 4.38. The van der Waals surface area contributed by atoms with Crippen molar-refractivity contribution in [3.63, 3.8) is 0 Å². The quantitative estimate of drug-likeness (QED) is 0.0264. The Balaban J connectivity index is 4.65. The Morgan fingerprint density at radius 2 is 1.24 bits per heavy atom. The van der Waals surface area contributed by atoms with E-state index in [4.69, 9.17) is 18.9 Å². The number of carbonyl (C=O) groups excluding carboxylic acids is 2. The molecule has 0 aliphatic heterocycles. The third-order valence-corrected chi connectivity index (χ3v) is 7.16. The third-order valence-electron chi connectivity index (χ3n) is 7.16. The number of hydrogen-bond donors (Lipinski definition) is 1. The monoisotopic (exact) mass is 652 g/mol. The molecule has 0 aromatic rings. The molecule has 0 saturated carbocycles. The Morgan fingerprint density at radius 3 is 1.85 bits per heavy atom. The second-order valence-electron chi connectivity index (χ2n) is 12.8. The van der Waals surface area contributed by atoms with E-state index in [9.17, 15) is 19.5 Å². The van der Waals surface area contributed by atoms with Gasteiger partial charge in [0, 0.05) is 12.8 Å². The molecule has 0 heterocycles. The molecule has 9 nitrogen and oxygen atoms in total. The molecule has 0 aromatic carbocycles. The van der Waals surface area contributed by atoms with Gasteiger partial charge in [-0.05, 0) is 44.9 Å². The number of likely N-dealkylation sites (N-methyl/N-ethyl adjacent to an activating group) is 1. The summed E-state index contributed by atoms with van der Waals surface area (Å²) in [7, 11) is 5.92. The molecule has 0 aliphatic carbocycles. The highest BCUT2D eigenvalue weighted by Crippen LogP contribution is 2.12. The fraction of sp³-hybridized carbons (Fsp3) is 0.757. The number of ether oxygens (including phenoxy) is 4. The zero-order valence-electron chi connectivity index (χ0n) is 29.7. The number of carboxylic acid groups (broad SMARTS) is 1. The van der Waals surface area contributed by atoms with Gasteiger partial charge in [0.1, 0.15) is 13.2 Å². The zero-order chi connectivity index (χ0) is 34.3. The molecule has 0 amide bonds. The lowest BCUT2D eigenvalue weighted by molar-refractivity contribution is -0.870. The lowest BCUT2D eigenvalue weighted by Gasteiger charge is -2.25. The predicted octanol–water partition coefficient (Wildman–Crippen LogP) is 7.93. The maximum Gasteiger partial charge on any atom is 0.361 e. The molecule has 0 aromatic heterocycles. The Hall–Kier alpha value is -2.49. The largest absolute Gasteiger partial charge is 0.477 e. The minimum absolute atomic E-state index is 0.182. The number of hydrogen-bond acceptors (Lipinski definition) is 7. The van der Waals surface area contributed by atoms with Crippen molar-refractivity contribution < 1.29 is 42.9 Å². The van der Waals surface area contributed by atoms with Crippen LogP contribution in [0.3, 0.4) is 0 Å². The van der Waals surface area contributed by atoms with E-state index in [0.29, 0.717) is 23.9 Å². The van der Waals surface area contributed by atoms with Crippen LogP contribution in [0.15, 0.2) is 36.5 Å². The van der Waals surface area contributed by atoms with Crippen LogP contribution < -0.4 is 0 Å². The van der Waals surface area contributed by atoms with Gasteiger partial charge >= 0.3 is 17.9 Å². The molecule has 0 radical (unpaired) electrons. The van der Waals surface area contributed by atoms with Crippen molar-refractivity contribution in [1.29, 1.82) is 0 Å². The highest BCUT2D eigenvalue weighted by Gasteiger charge is 2.25. The number of nitrogens with zero attached hydrogens (tertiary/aromatic N) is 1. The van der Waals surface area contributed by atoms with E-state index in [1.807, 2.05) is 21.1 Å². The highest BCUT2D eigenvalue weighted by molar-refractivity contribution is 5.71. The Labute approximate surface area is 280 Å². The Bertz CT molecular complexity index is 862. The van der Waals surface area contributed by atoms with Gasteiger partial charge in [0.25, 0.3) is 6.29 Å². The fourth-order valence-electron chi connectivity index (χ4n) is 4.38. The number of rotatable bonds is 31. The van der Waals surface area contributed by atoms with E-state index in [2.05, 4.69) is 50.3 Å². The number of quaternary nitrogens is 1. The molecule has 266 valence electrons. The molecule has 0 aliphatic rings. The number of aliphatic carboxylic acids is 1. The number of unbranched alkanes of at least 4 members (excludes halogenated alkanes) is 10. The molecule has 0 spiro atoms. The number of carbonyl (C=O) groups is 3. The molecule has 2 unspecified atom stereocenters. The average Bonchev–Trinajstić information content (AvgIpc) is 3.00. The number of carboxylic acids is 1.